The topological polar surface area (TPSA) is 35.5 Å². The average Bonchev–Trinajstić information content (AvgIpc) is 2.46. The van der Waals surface area contributed by atoms with E-state index in [0.717, 1.165) is 24.6 Å². The second-order valence-electron chi connectivity index (χ2n) is 4.74. The number of hydrogen-bond donors (Lipinski definition) is 0. The van der Waals surface area contributed by atoms with Crippen LogP contribution in [0.2, 0.25) is 6.04 Å². The van der Waals surface area contributed by atoms with E-state index in [9.17, 15) is 4.79 Å². The Morgan fingerprint density at radius 2 is 2.21 bits per heavy atom. The number of benzene rings is 1. The van der Waals surface area contributed by atoms with Crippen molar-refractivity contribution in [2.24, 2.45) is 0 Å². The summed E-state index contributed by atoms with van der Waals surface area (Å²) in [6.45, 7) is 6.40. The molecule has 4 heteroatoms. The smallest absolute Gasteiger partial charge is 0.333 e. The molecular weight excluding hydrogens is 256 g/mol. The third kappa shape index (κ3) is 3.78. The first-order valence-corrected chi connectivity index (χ1v) is 8.19. The molecule has 1 radical (unpaired) electrons. The van der Waals surface area contributed by atoms with Crippen LogP contribution in [0.4, 0.5) is 0 Å². The van der Waals surface area contributed by atoms with Crippen molar-refractivity contribution >= 4 is 20.2 Å². The Morgan fingerprint density at radius 1 is 1.42 bits per heavy atom. The Labute approximate surface area is 116 Å². The van der Waals surface area contributed by atoms with Gasteiger partial charge in [0.05, 0.1) is 0 Å². The largest absolute Gasteiger partial charge is 0.457 e. The zero-order valence-electron chi connectivity index (χ0n) is 11.3. The lowest BCUT2D eigenvalue weighted by Gasteiger charge is -2.22. The van der Waals surface area contributed by atoms with Crippen LogP contribution in [0.5, 0.6) is 0 Å². The predicted molar refractivity (Wildman–Crippen MR) is 76.4 cm³/mol. The lowest BCUT2D eigenvalue weighted by atomic mass is 10.2. The fourth-order valence-electron chi connectivity index (χ4n) is 2.05. The first-order chi connectivity index (χ1) is 9.18. The molecule has 3 nitrogen and oxygen atoms in total. The maximum atomic E-state index is 11.5. The van der Waals surface area contributed by atoms with E-state index < -0.39 is 9.04 Å². The summed E-state index contributed by atoms with van der Waals surface area (Å²) in [5.74, 6) is -0.336. The number of ether oxygens (including phenoxy) is 1. The lowest BCUT2D eigenvalue weighted by Crippen LogP contribution is -2.38. The third-order valence-corrected chi connectivity index (χ3v) is 5.55. The van der Waals surface area contributed by atoms with Crippen LogP contribution in [-0.2, 0) is 20.6 Å². The number of hydrogen-bond acceptors (Lipinski definition) is 3. The zero-order chi connectivity index (χ0) is 13.7. The van der Waals surface area contributed by atoms with Crippen LogP contribution in [0.15, 0.2) is 36.4 Å². The summed E-state index contributed by atoms with van der Waals surface area (Å²) in [4.78, 5) is 11.5. The Balaban J connectivity index is 2.07. The third-order valence-electron chi connectivity index (χ3n) is 3.10. The molecule has 19 heavy (non-hydrogen) atoms. The molecule has 0 saturated carbocycles. The molecule has 1 aliphatic heterocycles. The molecule has 0 aliphatic carbocycles. The summed E-state index contributed by atoms with van der Waals surface area (Å²) in [6.07, 6.45) is 2.38. The highest BCUT2D eigenvalue weighted by molar-refractivity contribution is 6.68. The van der Waals surface area contributed by atoms with Gasteiger partial charge in [-0.2, -0.15) is 0 Å². The Kier molecular flexibility index (Phi) is 4.93. The summed E-state index contributed by atoms with van der Waals surface area (Å²) in [5.41, 5.74) is 1.49. The highest BCUT2D eigenvalue weighted by Crippen LogP contribution is 2.13. The van der Waals surface area contributed by atoms with Crippen LogP contribution < -0.4 is 5.19 Å². The highest BCUT2D eigenvalue weighted by Gasteiger charge is 2.22. The SMILES string of the molecule is C=C(C)C(=O)OCc1ccccc1[Si]1CCCCO1. The monoisotopic (exact) mass is 275 g/mol. The molecule has 1 aromatic rings. The summed E-state index contributed by atoms with van der Waals surface area (Å²) < 4.78 is 11.1. The second kappa shape index (κ2) is 6.68. The van der Waals surface area contributed by atoms with Gasteiger partial charge in [-0.15, -0.1) is 0 Å². The van der Waals surface area contributed by atoms with E-state index in [-0.39, 0.29) is 5.97 Å². The van der Waals surface area contributed by atoms with Crippen LogP contribution in [0.3, 0.4) is 0 Å². The van der Waals surface area contributed by atoms with Crippen molar-refractivity contribution in [2.75, 3.05) is 6.61 Å². The van der Waals surface area contributed by atoms with E-state index in [0.29, 0.717) is 12.2 Å². The van der Waals surface area contributed by atoms with Crippen molar-refractivity contribution in [3.8, 4) is 0 Å². The van der Waals surface area contributed by atoms with E-state index in [4.69, 9.17) is 9.16 Å². The van der Waals surface area contributed by atoms with Crippen molar-refractivity contribution < 1.29 is 14.0 Å². The van der Waals surface area contributed by atoms with E-state index in [1.54, 1.807) is 6.92 Å². The Hall–Kier alpha value is -1.39. The van der Waals surface area contributed by atoms with Gasteiger partial charge < -0.3 is 9.16 Å². The molecule has 1 fully saturated rings. The van der Waals surface area contributed by atoms with Crippen LogP contribution >= 0.6 is 0 Å². The predicted octanol–water partition coefficient (Wildman–Crippen LogP) is 2.31. The molecule has 0 bridgehead atoms. The van der Waals surface area contributed by atoms with Gasteiger partial charge in [-0.25, -0.2) is 4.79 Å². The van der Waals surface area contributed by atoms with Crippen molar-refractivity contribution in [3.05, 3.63) is 42.0 Å². The van der Waals surface area contributed by atoms with E-state index >= 15 is 0 Å². The second-order valence-corrected chi connectivity index (χ2v) is 6.92. The molecule has 0 unspecified atom stereocenters. The van der Waals surface area contributed by atoms with Gasteiger partial charge in [-0.05, 0) is 30.1 Å². The lowest BCUT2D eigenvalue weighted by molar-refractivity contribution is -0.140. The number of carbonyl (C=O) groups is 1. The molecule has 0 spiro atoms. The fourth-order valence-corrected chi connectivity index (χ4v) is 4.38. The molecule has 1 aromatic carbocycles. The van der Waals surface area contributed by atoms with Gasteiger partial charge in [-0.1, -0.05) is 37.3 Å². The van der Waals surface area contributed by atoms with Crippen molar-refractivity contribution in [1.82, 2.24) is 0 Å². The molecule has 1 aliphatic rings. The molecule has 101 valence electrons. The molecule has 1 saturated heterocycles. The highest BCUT2D eigenvalue weighted by atomic mass is 28.3. The van der Waals surface area contributed by atoms with Crippen molar-refractivity contribution in [3.63, 3.8) is 0 Å². The quantitative estimate of drug-likeness (QED) is 0.480. The molecule has 1 heterocycles. The van der Waals surface area contributed by atoms with Crippen molar-refractivity contribution in [1.29, 1.82) is 0 Å². The van der Waals surface area contributed by atoms with Gasteiger partial charge in [0.25, 0.3) is 0 Å². The van der Waals surface area contributed by atoms with Gasteiger partial charge >= 0.3 is 5.97 Å². The van der Waals surface area contributed by atoms with E-state index in [2.05, 4.69) is 12.6 Å². The van der Waals surface area contributed by atoms with Crippen molar-refractivity contribution in [2.45, 2.75) is 32.4 Å². The van der Waals surface area contributed by atoms with Crippen LogP contribution in [0, 0.1) is 0 Å². The zero-order valence-corrected chi connectivity index (χ0v) is 12.3. The molecule has 0 aromatic heterocycles. The minimum atomic E-state index is -0.936. The minimum Gasteiger partial charge on any atom is -0.457 e. The molecule has 0 amide bonds. The molecule has 0 atom stereocenters. The van der Waals surface area contributed by atoms with E-state index in [1.165, 1.54) is 11.6 Å². The maximum absolute atomic E-state index is 11.5. The summed E-state index contributed by atoms with van der Waals surface area (Å²) in [6, 6.07) is 9.24. The van der Waals surface area contributed by atoms with E-state index in [1.807, 2.05) is 18.2 Å². The first-order valence-electron chi connectivity index (χ1n) is 6.58. The summed E-state index contributed by atoms with van der Waals surface area (Å²) in [7, 11) is -0.936. The van der Waals surface area contributed by atoms with Gasteiger partial charge in [0.15, 0.2) is 0 Å². The Bertz CT molecular complexity index is 464. The van der Waals surface area contributed by atoms with Gasteiger partial charge in [0.2, 0.25) is 9.04 Å². The Morgan fingerprint density at radius 3 is 2.89 bits per heavy atom. The molecule has 0 N–H and O–H groups in total. The molecule has 2 rings (SSSR count). The first kappa shape index (κ1) is 14.0. The number of esters is 1. The fraction of sp³-hybridized carbons (Fsp3) is 0.400. The summed E-state index contributed by atoms with van der Waals surface area (Å²) in [5, 5.41) is 1.24. The van der Waals surface area contributed by atoms with Gasteiger partial charge in [0.1, 0.15) is 6.61 Å². The summed E-state index contributed by atoms with van der Waals surface area (Å²) >= 11 is 0. The van der Waals surface area contributed by atoms with Crippen LogP contribution in [0.1, 0.15) is 25.3 Å². The standard InChI is InChI=1S/C15H19O3Si/c1-12(2)15(16)17-11-13-7-3-4-8-14(13)19-10-6-5-9-18-19/h3-4,7-8H,1,5-6,9-11H2,2H3. The average molecular weight is 275 g/mol. The minimum absolute atomic E-state index is 0.305. The molecular formula is C15H19O3Si. The number of rotatable bonds is 4. The maximum Gasteiger partial charge on any atom is 0.333 e. The van der Waals surface area contributed by atoms with Crippen LogP contribution in [-0.4, -0.2) is 21.6 Å². The van der Waals surface area contributed by atoms with Gasteiger partial charge in [0, 0.05) is 12.2 Å². The van der Waals surface area contributed by atoms with Crippen LogP contribution in [0.25, 0.3) is 0 Å². The normalized spacial score (nSPS) is 16.1. The van der Waals surface area contributed by atoms with Gasteiger partial charge in [-0.3, -0.25) is 0 Å². The number of carbonyl (C=O) groups excluding carboxylic acids is 1.